The summed E-state index contributed by atoms with van der Waals surface area (Å²) in [7, 11) is 2.20. The van der Waals surface area contributed by atoms with Gasteiger partial charge in [-0.15, -0.1) is 0 Å². The highest BCUT2D eigenvalue weighted by Crippen LogP contribution is 2.39. The molecule has 2 fully saturated rings. The van der Waals surface area contributed by atoms with Gasteiger partial charge in [0.1, 0.15) is 5.65 Å². The standard InChI is InChI=1S/C30H44N6O/c1-5-6-22(2)32-29-31-19-26-27(21-36(28(26)33-29)25-11-13-30(3,37)14-12-25)24-9-7-23(8-10-24)20-35-17-15-34(4)16-18-35/h7-10,19,21-22,25,37H,5-6,11-18,20H2,1-4H3,(H,31,32,33)/t22-,25-,30+/m0/s1. The number of fused-ring (bicyclic) bond motifs is 1. The fourth-order valence-corrected chi connectivity index (χ4v) is 5.89. The zero-order chi connectivity index (χ0) is 26.0. The molecule has 7 nitrogen and oxygen atoms in total. The molecule has 0 amide bonds. The van der Waals surface area contributed by atoms with E-state index in [1.54, 1.807) is 0 Å². The highest BCUT2D eigenvalue weighted by molar-refractivity contribution is 5.94. The average molecular weight is 505 g/mol. The Balaban J connectivity index is 1.43. The van der Waals surface area contributed by atoms with Crippen molar-refractivity contribution in [3.05, 3.63) is 42.2 Å². The number of piperazine rings is 1. The molecule has 2 N–H and O–H groups in total. The van der Waals surface area contributed by atoms with Crippen LogP contribution in [0, 0.1) is 0 Å². The number of hydrogen-bond acceptors (Lipinski definition) is 6. The molecular formula is C30H44N6O. The number of aromatic nitrogens is 3. The first-order valence-corrected chi connectivity index (χ1v) is 14.2. The first-order chi connectivity index (χ1) is 17.8. The van der Waals surface area contributed by atoms with E-state index < -0.39 is 5.60 Å². The summed E-state index contributed by atoms with van der Waals surface area (Å²) in [5, 5.41) is 15.1. The highest BCUT2D eigenvalue weighted by atomic mass is 16.3. The Hall–Kier alpha value is -2.48. The minimum absolute atomic E-state index is 0.336. The molecule has 0 radical (unpaired) electrons. The Kier molecular flexibility index (Phi) is 7.84. The molecule has 1 aliphatic carbocycles. The van der Waals surface area contributed by atoms with Crippen molar-refractivity contribution in [2.45, 2.75) is 83.5 Å². The smallest absolute Gasteiger partial charge is 0.224 e. The van der Waals surface area contributed by atoms with E-state index in [0.29, 0.717) is 18.0 Å². The lowest BCUT2D eigenvalue weighted by Gasteiger charge is -2.34. The Morgan fingerprint density at radius 1 is 1.11 bits per heavy atom. The second kappa shape index (κ2) is 11.1. The van der Waals surface area contributed by atoms with Crippen molar-refractivity contribution in [3.8, 4) is 11.1 Å². The summed E-state index contributed by atoms with van der Waals surface area (Å²) in [6.07, 6.45) is 10.0. The maximum absolute atomic E-state index is 10.5. The van der Waals surface area contributed by atoms with Crippen LogP contribution in [-0.4, -0.2) is 74.3 Å². The molecule has 0 unspecified atom stereocenters. The van der Waals surface area contributed by atoms with E-state index in [9.17, 15) is 5.11 Å². The molecular weight excluding hydrogens is 460 g/mol. The van der Waals surface area contributed by atoms with Gasteiger partial charge in [0.2, 0.25) is 5.95 Å². The van der Waals surface area contributed by atoms with E-state index in [4.69, 9.17) is 9.97 Å². The monoisotopic (exact) mass is 504 g/mol. The fourth-order valence-electron chi connectivity index (χ4n) is 5.89. The maximum Gasteiger partial charge on any atom is 0.224 e. The van der Waals surface area contributed by atoms with Crippen LogP contribution in [0.25, 0.3) is 22.2 Å². The zero-order valence-electron chi connectivity index (χ0n) is 23.1. The number of benzene rings is 1. The van der Waals surface area contributed by atoms with Gasteiger partial charge in [0.05, 0.1) is 5.60 Å². The van der Waals surface area contributed by atoms with Gasteiger partial charge in [0.15, 0.2) is 0 Å². The Labute approximate surface area is 221 Å². The molecule has 1 saturated heterocycles. The summed E-state index contributed by atoms with van der Waals surface area (Å²) < 4.78 is 2.36. The second-order valence-electron chi connectivity index (χ2n) is 11.7. The number of nitrogens with one attached hydrogen (secondary N) is 1. The van der Waals surface area contributed by atoms with Gasteiger partial charge in [-0.2, -0.15) is 4.98 Å². The number of likely N-dealkylation sites (N-methyl/N-ethyl adjacent to an activating group) is 1. The quantitative estimate of drug-likeness (QED) is 0.433. The molecule has 1 aliphatic heterocycles. The molecule has 37 heavy (non-hydrogen) atoms. The van der Waals surface area contributed by atoms with E-state index in [2.05, 4.69) is 71.0 Å². The van der Waals surface area contributed by atoms with Gasteiger partial charge >= 0.3 is 0 Å². The predicted octanol–water partition coefficient (Wildman–Crippen LogP) is 5.31. The van der Waals surface area contributed by atoms with E-state index in [1.165, 1.54) is 16.7 Å². The first-order valence-electron chi connectivity index (χ1n) is 14.2. The number of aliphatic hydroxyl groups is 1. The van der Waals surface area contributed by atoms with E-state index in [-0.39, 0.29) is 0 Å². The molecule has 1 aromatic carbocycles. The minimum Gasteiger partial charge on any atom is -0.390 e. The van der Waals surface area contributed by atoms with E-state index in [1.807, 2.05) is 13.1 Å². The fraction of sp³-hybridized carbons (Fsp3) is 0.600. The Bertz CT molecular complexity index is 1170. The first kappa shape index (κ1) is 26.1. The minimum atomic E-state index is -0.556. The van der Waals surface area contributed by atoms with Gasteiger partial charge in [-0.1, -0.05) is 37.6 Å². The van der Waals surface area contributed by atoms with Gasteiger partial charge in [0.25, 0.3) is 0 Å². The van der Waals surface area contributed by atoms with Crippen molar-refractivity contribution in [3.63, 3.8) is 0 Å². The Morgan fingerprint density at radius 3 is 2.49 bits per heavy atom. The summed E-state index contributed by atoms with van der Waals surface area (Å²) in [6, 6.07) is 9.74. The van der Waals surface area contributed by atoms with Crippen LogP contribution in [0.3, 0.4) is 0 Å². The van der Waals surface area contributed by atoms with Gasteiger partial charge in [-0.05, 0) is 64.1 Å². The number of rotatable bonds is 8. The predicted molar refractivity (Wildman–Crippen MR) is 152 cm³/mol. The summed E-state index contributed by atoms with van der Waals surface area (Å²) in [5.74, 6) is 0.699. The van der Waals surface area contributed by atoms with Crippen LogP contribution in [0.2, 0.25) is 0 Å². The van der Waals surface area contributed by atoms with Crippen molar-refractivity contribution in [2.75, 3.05) is 38.5 Å². The lowest BCUT2D eigenvalue weighted by molar-refractivity contribution is 0.0104. The average Bonchev–Trinajstić information content (AvgIpc) is 3.25. The lowest BCUT2D eigenvalue weighted by Crippen LogP contribution is -2.43. The van der Waals surface area contributed by atoms with Gasteiger partial charge in [-0.3, -0.25) is 4.90 Å². The third-order valence-corrected chi connectivity index (χ3v) is 8.36. The molecule has 5 rings (SSSR count). The molecule has 1 saturated carbocycles. The lowest BCUT2D eigenvalue weighted by atomic mass is 9.83. The third kappa shape index (κ3) is 6.16. The van der Waals surface area contributed by atoms with Crippen molar-refractivity contribution < 1.29 is 5.11 Å². The van der Waals surface area contributed by atoms with Crippen LogP contribution in [0.15, 0.2) is 36.7 Å². The molecule has 3 heterocycles. The summed E-state index contributed by atoms with van der Waals surface area (Å²) in [6.45, 7) is 11.9. The molecule has 0 spiro atoms. The van der Waals surface area contributed by atoms with Crippen LogP contribution >= 0.6 is 0 Å². The van der Waals surface area contributed by atoms with Crippen LogP contribution in [0.4, 0.5) is 5.95 Å². The van der Waals surface area contributed by atoms with E-state index >= 15 is 0 Å². The molecule has 200 valence electrons. The number of hydrogen-bond donors (Lipinski definition) is 2. The molecule has 1 atom stereocenters. The Morgan fingerprint density at radius 2 is 1.81 bits per heavy atom. The second-order valence-corrected chi connectivity index (χ2v) is 11.7. The normalized spacial score (nSPS) is 24.4. The molecule has 3 aromatic rings. The van der Waals surface area contributed by atoms with Crippen molar-refractivity contribution >= 4 is 17.0 Å². The van der Waals surface area contributed by atoms with Crippen molar-refractivity contribution in [2.24, 2.45) is 0 Å². The van der Waals surface area contributed by atoms with Crippen LogP contribution in [0.1, 0.15) is 70.9 Å². The molecule has 0 bridgehead atoms. The number of anilines is 1. The van der Waals surface area contributed by atoms with Crippen LogP contribution in [-0.2, 0) is 6.54 Å². The van der Waals surface area contributed by atoms with Crippen LogP contribution < -0.4 is 5.32 Å². The summed E-state index contributed by atoms with van der Waals surface area (Å²) in [5.41, 5.74) is 4.19. The summed E-state index contributed by atoms with van der Waals surface area (Å²) in [4.78, 5) is 14.7. The van der Waals surface area contributed by atoms with Crippen LogP contribution in [0.5, 0.6) is 0 Å². The zero-order valence-corrected chi connectivity index (χ0v) is 23.1. The van der Waals surface area contributed by atoms with Crippen molar-refractivity contribution in [1.82, 2.24) is 24.3 Å². The van der Waals surface area contributed by atoms with Gasteiger partial charge < -0.3 is 19.9 Å². The topological polar surface area (TPSA) is 69.5 Å². The van der Waals surface area contributed by atoms with Crippen molar-refractivity contribution in [1.29, 1.82) is 0 Å². The number of nitrogens with zero attached hydrogens (tertiary/aromatic N) is 5. The highest BCUT2D eigenvalue weighted by Gasteiger charge is 2.31. The van der Waals surface area contributed by atoms with E-state index in [0.717, 1.165) is 82.3 Å². The maximum atomic E-state index is 10.5. The molecule has 2 aliphatic rings. The molecule has 7 heteroatoms. The third-order valence-electron chi connectivity index (χ3n) is 8.36. The SMILES string of the molecule is CCC[C@H](C)Nc1ncc2c(-c3ccc(CN4CCN(C)CC4)cc3)cn([C@H]3CC[C@@](C)(O)CC3)c2n1. The van der Waals surface area contributed by atoms with Gasteiger partial charge in [-0.25, -0.2) is 4.98 Å². The van der Waals surface area contributed by atoms with Gasteiger partial charge in [0, 0.05) is 68.2 Å². The largest absolute Gasteiger partial charge is 0.390 e. The summed E-state index contributed by atoms with van der Waals surface area (Å²) >= 11 is 0. The molecule has 2 aromatic heterocycles.